The van der Waals surface area contributed by atoms with Crippen molar-refractivity contribution in [3.63, 3.8) is 0 Å². The molecule has 9 heteroatoms. The quantitative estimate of drug-likeness (QED) is 0.851. The molecular formula is C16H28N6O3. The van der Waals surface area contributed by atoms with Gasteiger partial charge in [-0.05, 0) is 47.5 Å². The topological polar surface area (TPSA) is 113 Å². The molecule has 1 aliphatic heterocycles. The number of H-pyrrole nitrogens is 1. The summed E-state index contributed by atoms with van der Waals surface area (Å²) >= 11 is 0. The molecule has 0 saturated carbocycles. The SMILES string of the molecule is CC(C)(CC(=O)N1CCCC(c2nn[nH]n2)C1)NC(=O)OC(C)(C)C. The summed E-state index contributed by atoms with van der Waals surface area (Å²) in [6.45, 7) is 10.3. The molecule has 2 amide bonds. The summed E-state index contributed by atoms with van der Waals surface area (Å²) in [5.41, 5.74) is -1.27. The van der Waals surface area contributed by atoms with Crippen LogP contribution in [0.1, 0.15) is 65.6 Å². The van der Waals surface area contributed by atoms with Gasteiger partial charge in [-0.15, -0.1) is 10.2 Å². The molecule has 140 valence electrons. The van der Waals surface area contributed by atoms with Gasteiger partial charge in [0.1, 0.15) is 5.60 Å². The van der Waals surface area contributed by atoms with Crippen molar-refractivity contribution in [3.8, 4) is 0 Å². The van der Waals surface area contributed by atoms with Crippen LogP contribution in [-0.2, 0) is 9.53 Å². The fraction of sp³-hybridized carbons (Fsp3) is 0.812. The smallest absolute Gasteiger partial charge is 0.408 e. The lowest BCUT2D eigenvalue weighted by atomic mass is 9.95. The van der Waals surface area contributed by atoms with Crippen LogP contribution in [0.25, 0.3) is 0 Å². The number of rotatable bonds is 4. The highest BCUT2D eigenvalue weighted by atomic mass is 16.6. The maximum absolute atomic E-state index is 12.7. The average molecular weight is 352 g/mol. The first kappa shape index (κ1) is 19.1. The van der Waals surface area contributed by atoms with Crippen LogP contribution in [0.5, 0.6) is 0 Å². The van der Waals surface area contributed by atoms with Gasteiger partial charge in [-0.3, -0.25) is 4.79 Å². The Morgan fingerprint density at radius 3 is 2.64 bits per heavy atom. The summed E-state index contributed by atoms with van der Waals surface area (Å²) in [6.07, 6.45) is 1.51. The second-order valence-corrected chi connectivity index (χ2v) is 8.14. The van der Waals surface area contributed by atoms with Gasteiger partial charge in [-0.2, -0.15) is 5.21 Å². The van der Waals surface area contributed by atoms with Gasteiger partial charge < -0.3 is 15.0 Å². The van der Waals surface area contributed by atoms with E-state index in [4.69, 9.17) is 4.74 Å². The Morgan fingerprint density at radius 1 is 1.32 bits per heavy atom. The highest BCUT2D eigenvalue weighted by Crippen LogP contribution is 2.25. The van der Waals surface area contributed by atoms with Crippen LogP contribution >= 0.6 is 0 Å². The number of hydrogen-bond donors (Lipinski definition) is 2. The molecule has 2 heterocycles. The first-order chi connectivity index (χ1) is 11.6. The first-order valence-electron chi connectivity index (χ1n) is 8.58. The van der Waals surface area contributed by atoms with Gasteiger partial charge >= 0.3 is 6.09 Å². The lowest BCUT2D eigenvalue weighted by molar-refractivity contribution is -0.133. The number of amides is 2. The van der Waals surface area contributed by atoms with Crippen molar-refractivity contribution in [1.82, 2.24) is 30.8 Å². The number of carbonyl (C=O) groups excluding carboxylic acids is 2. The Labute approximate surface area is 147 Å². The van der Waals surface area contributed by atoms with Gasteiger partial charge in [-0.1, -0.05) is 5.21 Å². The number of ether oxygens (including phenoxy) is 1. The molecule has 1 unspecified atom stereocenters. The average Bonchev–Trinajstić information content (AvgIpc) is 2.98. The molecule has 0 aliphatic carbocycles. The Kier molecular flexibility index (Phi) is 5.64. The zero-order chi connectivity index (χ0) is 18.7. The lowest BCUT2D eigenvalue weighted by Crippen LogP contribution is -2.50. The van der Waals surface area contributed by atoms with Crippen molar-refractivity contribution in [2.24, 2.45) is 0 Å². The van der Waals surface area contributed by atoms with Gasteiger partial charge in [0, 0.05) is 31.0 Å². The number of carbonyl (C=O) groups is 2. The van der Waals surface area contributed by atoms with Crippen LogP contribution in [0.15, 0.2) is 0 Å². The Hall–Kier alpha value is -2.19. The van der Waals surface area contributed by atoms with E-state index in [0.717, 1.165) is 12.8 Å². The molecule has 1 atom stereocenters. The van der Waals surface area contributed by atoms with Gasteiger partial charge in [0.25, 0.3) is 0 Å². The molecule has 1 aliphatic rings. The molecule has 2 rings (SSSR count). The minimum Gasteiger partial charge on any atom is -0.444 e. The van der Waals surface area contributed by atoms with E-state index in [-0.39, 0.29) is 18.2 Å². The molecule has 0 radical (unpaired) electrons. The van der Waals surface area contributed by atoms with Crippen LogP contribution in [0.3, 0.4) is 0 Å². The van der Waals surface area contributed by atoms with Gasteiger partial charge in [0.15, 0.2) is 5.82 Å². The minimum atomic E-state index is -0.696. The highest BCUT2D eigenvalue weighted by Gasteiger charge is 2.32. The van der Waals surface area contributed by atoms with E-state index in [2.05, 4.69) is 25.9 Å². The fourth-order valence-corrected chi connectivity index (χ4v) is 2.87. The van der Waals surface area contributed by atoms with Crippen molar-refractivity contribution in [1.29, 1.82) is 0 Å². The molecule has 25 heavy (non-hydrogen) atoms. The lowest BCUT2D eigenvalue weighted by Gasteiger charge is -2.34. The van der Waals surface area contributed by atoms with E-state index in [1.165, 1.54) is 0 Å². The second-order valence-electron chi connectivity index (χ2n) is 8.14. The van der Waals surface area contributed by atoms with E-state index in [9.17, 15) is 9.59 Å². The van der Waals surface area contributed by atoms with Gasteiger partial charge in [0.05, 0.1) is 0 Å². The maximum atomic E-state index is 12.7. The van der Waals surface area contributed by atoms with Crippen LogP contribution in [0.2, 0.25) is 0 Å². The summed E-state index contributed by atoms with van der Waals surface area (Å²) < 4.78 is 5.26. The summed E-state index contributed by atoms with van der Waals surface area (Å²) in [5.74, 6) is 0.733. The molecule has 2 N–H and O–H groups in total. The molecule has 0 spiro atoms. The monoisotopic (exact) mass is 352 g/mol. The van der Waals surface area contributed by atoms with Crippen molar-refractivity contribution in [2.45, 2.75) is 70.9 Å². The molecule has 1 aromatic heterocycles. The zero-order valence-electron chi connectivity index (χ0n) is 15.6. The van der Waals surface area contributed by atoms with Crippen LogP contribution in [0, 0.1) is 0 Å². The summed E-state index contributed by atoms with van der Waals surface area (Å²) in [6, 6.07) is 0. The normalized spacial score (nSPS) is 18.8. The van der Waals surface area contributed by atoms with E-state index in [1.54, 1.807) is 20.8 Å². The number of nitrogens with one attached hydrogen (secondary N) is 2. The molecule has 0 aromatic carbocycles. The molecular weight excluding hydrogens is 324 g/mol. The van der Waals surface area contributed by atoms with E-state index in [0.29, 0.717) is 18.9 Å². The first-order valence-corrected chi connectivity index (χ1v) is 8.58. The number of aromatic amines is 1. The molecule has 0 bridgehead atoms. The van der Waals surface area contributed by atoms with Crippen LogP contribution in [-0.4, -0.2) is 61.8 Å². The second kappa shape index (κ2) is 7.37. The standard InChI is InChI=1S/C16H28N6O3/c1-15(2,3)25-14(24)17-16(4,5)9-12(23)22-8-6-7-11(10-22)13-18-20-21-19-13/h11H,6-10H2,1-5H3,(H,17,24)(H,18,19,20,21). The number of alkyl carbamates (subject to hydrolysis) is 1. The molecule has 1 saturated heterocycles. The molecule has 9 nitrogen and oxygen atoms in total. The number of likely N-dealkylation sites (tertiary alicyclic amines) is 1. The molecule has 1 fully saturated rings. The Morgan fingerprint density at radius 2 is 2.04 bits per heavy atom. The van der Waals surface area contributed by atoms with Crippen LogP contribution < -0.4 is 5.32 Å². The van der Waals surface area contributed by atoms with E-state index >= 15 is 0 Å². The fourth-order valence-electron chi connectivity index (χ4n) is 2.87. The van der Waals surface area contributed by atoms with Crippen molar-refractivity contribution in [2.75, 3.05) is 13.1 Å². The number of aromatic nitrogens is 4. The van der Waals surface area contributed by atoms with E-state index < -0.39 is 17.2 Å². The molecule has 1 aromatic rings. The largest absolute Gasteiger partial charge is 0.444 e. The number of hydrogen-bond acceptors (Lipinski definition) is 6. The third-order valence-electron chi connectivity index (χ3n) is 3.93. The zero-order valence-corrected chi connectivity index (χ0v) is 15.6. The third-order valence-corrected chi connectivity index (χ3v) is 3.93. The minimum absolute atomic E-state index is 0.00532. The van der Waals surface area contributed by atoms with E-state index in [1.807, 2.05) is 18.7 Å². The summed E-state index contributed by atoms with van der Waals surface area (Å²) in [7, 11) is 0. The van der Waals surface area contributed by atoms with Crippen LogP contribution in [0.4, 0.5) is 4.79 Å². The Bertz CT molecular complexity index is 594. The van der Waals surface area contributed by atoms with Crippen molar-refractivity contribution < 1.29 is 14.3 Å². The van der Waals surface area contributed by atoms with Crippen molar-refractivity contribution >= 4 is 12.0 Å². The van der Waals surface area contributed by atoms with Crippen molar-refractivity contribution in [3.05, 3.63) is 5.82 Å². The van der Waals surface area contributed by atoms with Gasteiger partial charge in [0.2, 0.25) is 5.91 Å². The maximum Gasteiger partial charge on any atom is 0.408 e. The van der Waals surface area contributed by atoms with Gasteiger partial charge in [-0.25, -0.2) is 4.79 Å². The predicted octanol–water partition coefficient (Wildman–Crippen LogP) is 1.60. The highest BCUT2D eigenvalue weighted by molar-refractivity contribution is 5.79. The summed E-state index contributed by atoms with van der Waals surface area (Å²) in [4.78, 5) is 26.4. The predicted molar refractivity (Wildman–Crippen MR) is 90.8 cm³/mol. The number of nitrogens with zero attached hydrogens (tertiary/aromatic N) is 4. The number of piperidine rings is 1. The number of tetrazole rings is 1. The summed E-state index contributed by atoms with van der Waals surface area (Å²) in [5, 5.41) is 16.9. The Balaban J connectivity index is 1.90. The third kappa shape index (κ3) is 5.99.